The molecule has 1 unspecified atom stereocenters. The molecule has 0 radical (unpaired) electrons. The van der Waals surface area contributed by atoms with Crippen molar-refractivity contribution in [3.05, 3.63) is 70.4 Å². The molecule has 5 rings (SSSR count). The Labute approximate surface area is 170 Å². The Morgan fingerprint density at radius 1 is 1.07 bits per heavy atom. The molecule has 0 saturated heterocycles. The molecule has 2 aromatic heterocycles. The van der Waals surface area contributed by atoms with Crippen molar-refractivity contribution in [3.8, 4) is 23.0 Å². The maximum atomic E-state index is 13.5. The molecule has 0 N–H and O–H groups in total. The first-order valence-corrected chi connectivity index (χ1v) is 9.40. The molecule has 0 fully saturated rings. The lowest BCUT2D eigenvalue weighted by atomic mass is 10.0. The standard InChI is InChI=1S/C21H17F2N5O2/c1-11-3-5-14(12(2)7-11)18-9-28-17(10-29-18)19(25-27-28)21-24-20(26-30-21)13-4-6-15(22)16(23)8-13/h3-8,18H,9-10H2,1-2H3. The number of benzene rings is 2. The molecule has 1 aliphatic rings. The van der Waals surface area contributed by atoms with Crippen molar-refractivity contribution in [2.24, 2.45) is 0 Å². The van der Waals surface area contributed by atoms with Crippen molar-refractivity contribution < 1.29 is 18.0 Å². The summed E-state index contributed by atoms with van der Waals surface area (Å²) in [6.07, 6.45) is -0.131. The topological polar surface area (TPSA) is 78.9 Å². The van der Waals surface area contributed by atoms with Gasteiger partial charge in [0.15, 0.2) is 17.3 Å². The first-order chi connectivity index (χ1) is 14.5. The van der Waals surface area contributed by atoms with Crippen LogP contribution in [-0.2, 0) is 17.9 Å². The number of hydrogen-bond acceptors (Lipinski definition) is 6. The third kappa shape index (κ3) is 3.17. The Morgan fingerprint density at radius 3 is 2.73 bits per heavy atom. The second-order valence-corrected chi connectivity index (χ2v) is 7.28. The zero-order valence-corrected chi connectivity index (χ0v) is 16.3. The van der Waals surface area contributed by atoms with Gasteiger partial charge in [-0.3, -0.25) is 0 Å². The summed E-state index contributed by atoms with van der Waals surface area (Å²) in [4.78, 5) is 4.26. The van der Waals surface area contributed by atoms with Crippen molar-refractivity contribution in [3.63, 3.8) is 0 Å². The molecule has 3 heterocycles. The fourth-order valence-corrected chi connectivity index (χ4v) is 3.62. The Kier molecular flexibility index (Phi) is 4.39. The Morgan fingerprint density at radius 2 is 1.93 bits per heavy atom. The van der Waals surface area contributed by atoms with Crippen LogP contribution in [-0.4, -0.2) is 25.1 Å². The molecular formula is C21H17F2N5O2. The maximum Gasteiger partial charge on any atom is 0.280 e. The summed E-state index contributed by atoms with van der Waals surface area (Å²) in [7, 11) is 0. The molecule has 0 spiro atoms. The number of fused-ring (bicyclic) bond motifs is 1. The first kappa shape index (κ1) is 18.6. The van der Waals surface area contributed by atoms with Crippen LogP contribution < -0.4 is 0 Å². The van der Waals surface area contributed by atoms with E-state index in [-0.39, 0.29) is 24.4 Å². The monoisotopic (exact) mass is 409 g/mol. The number of aryl methyl sites for hydroxylation is 2. The fourth-order valence-electron chi connectivity index (χ4n) is 3.62. The summed E-state index contributed by atoms with van der Waals surface area (Å²) in [5.74, 6) is -1.64. The van der Waals surface area contributed by atoms with Gasteiger partial charge in [0, 0.05) is 5.56 Å². The van der Waals surface area contributed by atoms with Crippen molar-refractivity contribution >= 4 is 0 Å². The van der Waals surface area contributed by atoms with E-state index in [4.69, 9.17) is 9.26 Å². The van der Waals surface area contributed by atoms with Gasteiger partial charge in [-0.1, -0.05) is 34.1 Å². The summed E-state index contributed by atoms with van der Waals surface area (Å²) in [5.41, 5.74) is 4.91. The van der Waals surface area contributed by atoms with Crippen LogP contribution >= 0.6 is 0 Å². The molecular weight excluding hydrogens is 392 g/mol. The lowest BCUT2D eigenvalue weighted by Crippen LogP contribution is -2.22. The summed E-state index contributed by atoms with van der Waals surface area (Å²) in [6.45, 7) is 4.91. The van der Waals surface area contributed by atoms with Crippen molar-refractivity contribution in [1.29, 1.82) is 0 Å². The second-order valence-electron chi connectivity index (χ2n) is 7.28. The van der Waals surface area contributed by atoms with E-state index in [1.807, 2.05) is 0 Å². The van der Waals surface area contributed by atoms with E-state index in [0.29, 0.717) is 17.8 Å². The molecule has 0 aliphatic carbocycles. The van der Waals surface area contributed by atoms with Crippen LogP contribution in [0.2, 0.25) is 0 Å². The lowest BCUT2D eigenvalue weighted by Gasteiger charge is -2.25. The van der Waals surface area contributed by atoms with E-state index in [1.165, 1.54) is 11.6 Å². The zero-order chi connectivity index (χ0) is 20.8. The number of rotatable bonds is 3. The summed E-state index contributed by atoms with van der Waals surface area (Å²) in [5, 5.41) is 12.2. The predicted octanol–water partition coefficient (Wildman–Crippen LogP) is 4.16. The first-order valence-electron chi connectivity index (χ1n) is 9.40. The molecule has 4 aromatic rings. The third-order valence-electron chi connectivity index (χ3n) is 5.18. The minimum Gasteiger partial charge on any atom is -0.365 e. The summed E-state index contributed by atoms with van der Waals surface area (Å²) in [6, 6.07) is 9.67. The average Bonchev–Trinajstić information content (AvgIpc) is 3.36. The van der Waals surface area contributed by atoms with Crippen molar-refractivity contribution in [2.75, 3.05) is 0 Å². The minimum absolute atomic E-state index is 0.131. The number of nitrogens with zero attached hydrogens (tertiary/aromatic N) is 5. The predicted molar refractivity (Wildman–Crippen MR) is 102 cm³/mol. The number of aromatic nitrogens is 5. The zero-order valence-electron chi connectivity index (χ0n) is 16.3. The molecule has 152 valence electrons. The average molecular weight is 409 g/mol. The Bertz CT molecular complexity index is 1250. The van der Waals surface area contributed by atoms with E-state index in [0.717, 1.165) is 29.0 Å². The van der Waals surface area contributed by atoms with Gasteiger partial charge in [-0.15, -0.1) is 5.10 Å². The summed E-state index contributed by atoms with van der Waals surface area (Å²) >= 11 is 0. The summed E-state index contributed by atoms with van der Waals surface area (Å²) < 4.78 is 39.8. The van der Waals surface area contributed by atoms with Crippen molar-refractivity contribution in [2.45, 2.75) is 33.1 Å². The highest BCUT2D eigenvalue weighted by molar-refractivity contribution is 5.58. The number of halogens is 2. The third-order valence-corrected chi connectivity index (χ3v) is 5.18. The van der Waals surface area contributed by atoms with Gasteiger partial charge in [0.05, 0.1) is 18.8 Å². The lowest BCUT2D eigenvalue weighted by molar-refractivity contribution is -0.00153. The van der Waals surface area contributed by atoms with Gasteiger partial charge in [0.2, 0.25) is 5.82 Å². The van der Waals surface area contributed by atoms with Crippen LogP contribution in [0, 0.1) is 25.5 Å². The second kappa shape index (κ2) is 7.10. The smallest absolute Gasteiger partial charge is 0.280 e. The van der Waals surface area contributed by atoms with Crippen LogP contribution in [0.15, 0.2) is 40.9 Å². The molecule has 1 aliphatic heterocycles. The minimum atomic E-state index is -0.981. The molecule has 2 aromatic carbocycles. The fraction of sp³-hybridized carbons (Fsp3) is 0.238. The molecule has 7 nitrogen and oxygen atoms in total. The van der Waals surface area contributed by atoms with Gasteiger partial charge < -0.3 is 9.26 Å². The van der Waals surface area contributed by atoms with E-state index in [9.17, 15) is 8.78 Å². The van der Waals surface area contributed by atoms with E-state index < -0.39 is 11.6 Å². The van der Waals surface area contributed by atoms with Crippen molar-refractivity contribution in [1.82, 2.24) is 25.1 Å². The van der Waals surface area contributed by atoms with Crippen LogP contribution in [0.4, 0.5) is 8.78 Å². The number of hydrogen-bond donors (Lipinski definition) is 0. The molecule has 0 bridgehead atoms. The molecule has 9 heteroatoms. The van der Waals surface area contributed by atoms with Gasteiger partial charge in [-0.05, 0) is 43.2 Å². The van der Waals surface area contributed by atoms with Gasteiger partial charge >= 0.3 is 0 Å². The van der Waals surface area contributed by atoms with Crippen LogP contribution in [0.3, 0.4) is 0 Å². The van der Waals surface area contributed by atoms with Crippen LogP contribution in [0.25, 0.3) is 23.0 Å². The largest absolute Gasteiger partial charge is 0.365 e. The maximum absolute atomic E-state index is 13.5. The molecule has 30 heavy (non-hydrogen) atoms. The Balaban J connectivity index is 1.42. The van der Waals surface area contributed by atoms with Crippen LogP contribution in [0.1, 0.15) is 28.5 Å². The highest BCUT2D eigenvalue weighted by Gasteiger charge is 2.28. The SMILES string of the molecule is Cc1ccc(C2Cn3nnc(-c4nc(-c5ccc(F)c(F)c5)no4)c3CO2)c(C)c1. The molecule has 0 amide bonds. The van der Waals surface area contributed by atoms with Gasteiger partial charge in [0.1, 0.15) is 6.10 Å². The van der Waals surface area contributed by atoms with Gasteiger partial charge in [0.25, 0.3) is 5.89 Å². The quantitative estimate of drug-likeness (QED) is 0.506. The van der Waals surface area contributed by atoms with Gasteiger partial charge in [-0.25, -0.2) is 13.5 Å². The van der Waals surface area contributed by atoms with Gasteiger partial charge in [-0.2, -0.15) is 4.98 Å². The van der Waals surface area contributed by atoms with E-state index in [1.54, 1.807) is 4.68 Å². The highest BCUT2D eigenvalue weighted by atomic mass is 19.2. The Hall–Kier alpha value is -3.46. The van der Waals surface area contributed by atoms with E-state index in [2.05, 4.69) is 52.5 Å². The highest BCUT2D eigenvalue weighted by Crippen LogP contribution is 2.32. The molecule has 0 saturated carbocycles. The van der Waals surface area contributed by atoms with Crippen LogP contribution in [0.5, 0.6) is 0 Å². The van der Waals surface area contributed by atoms with E-state index >= 15 is 0 Å². The molecule has 1 atom stereocenters. The normalized spacial score (nSPS) is 15.9. The number of ether oxygens (including phenoxy) is 1.